The van der Waals surface area contributed by atoms with E-state index in [1.807, 2.05) is 0 Å². The molecule has 2 rings (SSSR count). The molecule has 3 atom stereocenters. The highest BCUT2D eigenvalue weighted by Crippen LogP contribution is 2.52. The first-order chi connectivity index (χ1) is 4.79. The molecule has 0 aromatic carbocycles. The molecule has 0 heterocycles. The van der Waals surface area contributed by atoms with Gasteiger partial charge in [0.2, 0.25) is 0 Å². The summed E-state index contributed by atoms with van der Waals surface area (Å²) in [4.78, 5) is 0. The van der Waals surface area contributed by atoms with Crippen LogP contribution in [0.25, 0.3) is 0 Å². The molecule has 0 aromatic heterocycles. The molecule has 0 nitrogen and oxygen atoms in total. The van der Waals surface area contributed by atoms with Gasteiger partial charge in [0, 0.05) is 0 Å². The van der Waals surface area contributed by atoms with Gasteiger partial charge < -0.3 is 0 Å². The van der Waals surface area contributed by atoms with Crippen molar-refractivity contribution < 1.29 is 0 Å². The van der Waals surface area contributed by atoms with Crippen LogP contribution in [0, 0.1) is 23.7 Å². The molecule has 2 saturated carbocycles. The molecule has 3 unspecified atom stereocenters. The van der Waals surface area contributed by atoms with Gasteiger partial charge in [-0.3, -0.25) is 0 Å². The molecular weight excluding hydrogens is 120 g/mol. The second-order valence-corrected chi connectivity index (χ2v) is 4.49. The van der Waals surface area contributed by atoms with Crippen LogP contribution in [-0.4, -0.2) is 0 Å². The van der Waals surface area contributed by atoms with Crippen LogP contribution in [0.15, 0.2) is 0 Å². The van der Waals surface area contributed by atoms with Gasteiger partial charge in [0.05, 0.1) is 0 Å². The zero-order valence-electron chi connectivity index (χ0n) is 7.14. The Hall–Kier alpha value is 0. The molecule has 2 fully saturated rings. The summed E-state index contributed by atoms with van der Waals surface area (Å²) in [6.45, 7) is 4.79. The van der Waals surface area contributed by atoms with Gasteiger partial charge in [-0.25, -0.2) is 0 Å². The topological polar surface area (TPSA) is 0 Å². The SMILES string of the molecule is CC(C)C1CCC2CCC21. The molecule has 58 valence electrons. The molecule has 0 bridgehead atoms. The normalized spacial score (nSPS) is 45.3. The smallest absolute Gasteiger partial charge is 0.0355 e. The number of rotatable bonds is 1. The van der Waals surface area contributed by atoms with E-state index in [1.54, 1.807) is 19.3 Å². The Labute approximate surface area is 64.0 Å². The third-order valence-corrected chi connectivity index (χ3v) is 3.75. The number of fused-ring (bicyclic) bond motifs is 1. The van der Waals surface area contributed by atoms with Crippen molar-refractivity contribution in [2.45, 2.75) is 39.5 Å². The molecule has 0 aromatic rings. The lowest BCUT2D eigenvalue weighted by Gasteiger charge is -2.35. The number of hydrogen-bond donors (Lipinski definition) is 0. The van der Waals surface area contributed by atoms with Crippen LogP contribution < -0.4 is 0 Å². The molecule has 0 spiro atoms. The monoisotopic (exact) mass is 138 g/mol. The van der Waals surface area contributed by atoms with Gasteiger partial charge in [-0.05, 0) is 49.4 Å². The fourth-order valence-corrected chi connectivity index (χ4v) is 2.97. The minimum Gasteiger partial charge on any atom is -0.0625 e. The summed E-state index contributed by atoms with van der Waals surface area (Å²) < 4.78 is 0. The molecule has 10 heavy (non-hydrogen) atoms. The van der Waals surface area contributed by atoms with E-state index < -0.39 is 0 Å². The summed E-state index contributed by atoms with van der Waals surface area (Å²) in [7, 11) is 0. The Morgan fingerprint density at radius 1 is 1.00 bits per heavy atom. The fourth-order valence-electron chi connectivity index (χ4n) is 2.97. The van der Waals surface area contributed by atoms with Crippen molar-refractivity contribution in [1.82, 2.24) is 0 Å². The summed E-state index contributed by atoms with van der Waals surface area (Å²) in [6, 6.07) is 0. The van der Waals surface area contributed by atoms with Crippen molar-refractivity contribution in [2.24, 2.45) is 23.7 Å². The van der Waals surface area contributed by atoms with Gasteiger partial charge in [-0.2, -0.15) is 0 Å². The Morgan fingerprint density at radius 2 is 1.70 bits per heavy atom. The molecule has 2 aliphatic rings. The first-order valence-corrected chi connectivity index (χ1v) is 4.79. The molecule has 2 aliphatic carbocycles. The van der Waals surface area contributed by atoms with Crippen molar-refractivity contribution in [3.05, 3.63) is 0 Å². The Morgan fingerprint density at radius 3 is 2.00 bits per heavy atom. The van der Waals surface area contributed by atoms with Crippen molar-refractivity contribution in [3.8, 4) is 0 Å². The van der Waals surface area contributed by atoms with E-state index in [9.17, 15) is 0 Å². The van der Waals surface area contributed by atoms with Gasteiger partial charge in [-0.1, -0.05) is 13.8 Å². The van der Waals surface area contributed by atoms with Gasteiger partial charge in [-0.15, -0.1) is 0 Å². The van der Waals surface area contributed by atoms with Crippen LogP contribution in [0.5, 0.6) is 0 Å². The quantitative estimate of drug-likeness (QED) is 0.522. The predicted octanol–water partition coefficient (Wildman–Crippen LogP) is 3.08. The highest BCUT2D eigenvalue weighted by Gasteiger charge is 2.42. The highest BCUT2D eigenvalue weighted by atomic mass is 14.5. The summed E-state index contributed by atoms with van der Waals surface area (Å²) in [5, 5.41) is 0. The van der Waals surface area contributed by atoms with Crippen molar-refractivity contribution in [3.63, 3.8) is 0 Å². The second-order valence-electron chi connectivity index (χ2n) is 4.49. The Bertz CT molecular complexity index is 126. The van der Waals surface area contributed by atoms with Crippen molar-refractivity contribution in [2.75, 3.05) is 0 Å². The van der Waals surface area contributed by atoms with Gasteiger partial charge in [0.25, 0.3) is 0 Å². The maximum Gasteiger partial charge on any atom is -0.0355 e. The summed E-state index contributed by atoms with van der Waals surface area (Å²) in [5.41, 5.74) is 0. The average Bonchev–Trinajstić information content (AvgIpc) is 2.07. The zero-order valence-corrected chi connectivity index (χ0v) is 7.14. The largest absolute Gasteiger partial charge is 0.0625 e. The molecular formula is C10H18. The third-order valence-electron chi connectivity index (χ3n) is 3.75. The summed E-state index contributed by atoms with van der Waals surface area (Å²) in [5.74, 6) is 4.36. The van der Waals surface area contributed by atoms with E-state index in [4.69, 9.17) is 0 Å². The van der Waals surface area contributed by atoms with Crippen LogP contribution in [0.3, 0.4) is 0 Å². The minimum absolute atomic E-state index is 0.954. The van der Waals surface area contributed by atoms with Crippen LogP contribution in [-0.2, 0) is 0 Å². The molecule has 0 amide bonds. The van der Waals surface area contributed by atoms with E-state index >= 15 is 0 Å². The predicted molar refractivity (Wildman–Crippen MR) is 43.8 cm³/mol. The second kappa shape index (κ2) is 2.25. The van der Waals surface area contributed by atoms with Gasteiger partial charge >= 0.3 is 0 Å². The van der Waals surface area contributed by atoms with Crippen LogP contribution in [0.2, 0.25) is 0 Å². The number of hydrogen-bond acceptors (Lipinski definition) is 0. The zero-order chi connectivity index (χ0) is 7.14. The Kier molecular flexibility index (Phi) is 1.51. The van der Waals surface area contributed by atoms with Crippen LogP contribution in [0.1, 0.15) is 39.5 Å². The lowest BCUT2D eigenvalue weighted by Crippen LogP contribution is -2.27. The molecule has 0 saturated heterocycles. The first-order valence-electron chi connectivity index (χ1n) is 4.79. The van der Waals surface area contributed by atoms with Gasteiger partial charge in [0.1, 0.15) is 0 Å². The van der Waals surface area contributed by atoms with E-state index in [0.717, 1.165) is 23.7 Å². The Balaban J connectivity index is 1.99. The van der Waals surface area contributed by atoms with Crippen LogP contribution >= 0.6 is 0 Å². The van der Waals surface area contributed by atoms with Crippen LogP contribution in [0.4, 0.5) is 0 Å². The lowest BCUT2D eigenvalue weighted by molar-refractivity contribution is 0.143. The summed E-state index contributed by atoms with van der Waals surface area (Å²) in [6.07, 6.45) is 6.18. The fraction of sp³-hybridized carbons (Fsp3) is 1.00. The molecule has 0 radical (unpaired) electrons. The van der Waals surface area contributed by atoms with E-state index in [1.165, 1.54) is 6.42 Å². The third kappa shape index (κ3) is 0.810. The summed E-state index contributed by atoms with van der Waals surface area (Å²) >= 11 is 0. The molecule has 0 N–H and O–H groups in total. The molecule has 0 aliphatic heterocycles. The molecule has 0 heteroatoms. The van der Waals surface area contributed by atoms with E-state index in [2.05, 4.69) is 13.8 Å². The maximum absolute atomic E-state index is 2.39. The minimum atomic E-state index is 0.954. The first kappa shape index (κ1) is 6.69. The van der Waals surface area contributed by atoms with Crippen molar-refractivity contribution >= 4 is 0 Å². The lowest BCUT2D eigenvalue weighted by atomic mass is 9.70. The van der Waals surface area contributed by atoms with Crippen molar-refractivity contribution in [1.29, 1.82) is 0 Å². The highest BCUT2D eigenvalue weighted by molar-refractivity contribution is 4.92. The van der Waals surface area contributed by atoms with E-state index in [0.29, 0.717) is 0 Å². The van der Waals surface area contributed by atoms with E-state index in [-0.39, 0.29) is 0 Å². The van der Waals surface area contributed by atoms with Gasteiger partial charge in [0.15, 0.2) is 0 Å². The maximum atomic E-state index is 2.39. The average molecular weight is 138 g/mol. The standard InChI is InChI=1S/C10H18/c1-7(2)9-5-3-8-4-6-10(8)9/h7-10H,3-6H2,1-2H3.